The second-order valence-corrected chi connectivity index (χ2v) is 7.50. The van der Waals surface area contributed by atoms with E-state index >= 15 is 0 Å². The second-order valence-electron chi connectivity index (χ2n) is 5.80. The van der Waals surface area contributed by atoms with E-state index in [4.69, 9.17) is 0 Å². The van der Waals surface area contributed by atoms with Crippen molar-refractivity contribution in [3.05, 3.63) is 11.4 Å². The van der Waals surface area contributed by atoms with E-state index in [0.717, 1.165) is 0 Å². The number of piperazine rings is 1. The molecule has 24 heavy (non-hydrogen) atoms. The van der Waals surface area contributed by atoms with Crippen LogP contribution in [0.1, 0.15) is 24.7 Å². The van der Waals surface area contributed by atoms with Gasteiger partial charge >= 0.3 is 0 Å². The highest BCUT2D eigenvalue weighted by atomic mass is 32.2. The molecule has 0 aliphatic carbocycles. The Morgan fingerprint density at radius 3 is 2.25 bits per heavy atom. The SMILES string of the molecule is CC(=O)N1CCN(C(=O)CCNS(=O)(=O)c2c(C)n[nH]c2C)CC1. The lowest BCUT2D eigenvalue weighted by molar-refractivity contribution is -0.138. The summed E-state index contributed by atoms with van der Waals surface area (Å²) in [5.41, 5.74) is 0.860. The van der Waals surface area contributed by atoms with Crippen molar-refractivity contribution in [3.8, 4) is 0 Å². The normalized spacial score (nSPS) is 15.6. The molecule has 0 saturated carbocycles. The molecule has 2 amide bonds. The number of sulfonamides is 1. The largest absolute Gasteiger partial charge is 0.339 e. The van der Waals surface area contributed by atoms with Gasteiger partial charge in [0.2, 0.25) is 21.8 Å². The first kappa shape index (κ1) is 18.4. The highest BCUT2D eigenvalue weighted by Gasteiger charge is 2.24. The number of carbonyl (C=O) groups is 2. The Labute approximate surface area is 141 Å². The predicted molar refractivity (Wildman–Crippen MR) is 86.7 cm³/mol. The smallest absolute Gasteiger partial charge is 0.244 e. The van der Waals surface area contributed by atoms with Crippen molar-refractivity contribution in [3.63, 3.8) is 0 Å². The summed E-state index contributed by atoms with van der Waals surface area (Å²) in [6.45, 7) is 6.76. The molecule has 2 heterocycles. The molecule has 1 aromatic heterocycles. The average Bonchev–Trinajstić information content (AvgIpc) is 2.86. The van der Waals surface area contributed by atoms with E-state index in [9.17, 15) is 18.0 Å². The van der Waals surface area contributed by atoms with Crippen LogP contribution < -0.4 is 4.72 Å². The average molecular weight is 357 g/mol. The molecule has 1 aliphatic rings. The van der Waals surface area contributed by atoms with Crippen LogP contribution in [-0.2, 0) is 19.6 Å². The maximum Gasteiger partial charge on any atom is 0.244 e. The minimum Gasteiger partial charge on any atom is -0.339 e. The number of aryl methyl sites for hydroxylation is 2. The summed E-state index contributed by atoms with van der Waals surface area (Å²) < 4.78 is 27.0. The molecule has 1 aliphatic heterocycles. The number of hydrogen-bond acceptors (Lipinski definition) is 5. The molecule has 0 unspecified atom stereocenters. The number of nitrogens with one attached hydrogen (secondary N) is 2. The van der Waals surface area contributed by atoms with Crippen molar-refractivity contribution in [2.24, 2.45) is 0 Å². The van der Waals surface area contributed by atoms with Gasteiger partial charge in [-0.2, -0.15) is 5.10 Å². The lowest BCUT2D eigenvalue weighted by Crippen LogP contribution is -2.50. The third-order valence-electron chi connectivity index (χ3n) is 4.04. The summed E-state index contributed by atoms with van der Waals surface area (Å²) in [7, 11) is -3.69. The fraction of sp³-hybridized carbons (Fsp3) is 0.643. The Morgan fingerprint density at radius 2 is 1.75 bits per heavy atom. The minimum absolute atomic E-state index is 0.000658. The summed E-state index contributed by atoms with van der Waals surface area (Å²) >= 11 is 0. The zero-order chi connectivity index (χ0) is 17.9. The summed E-state index contributed by atoms with van der Waals surface area (Å²) in [4.78, 5) is 26.9. The zero-order valence-electron chi connectivity index (χ0n) is 14.1. The molecule has 0 atom stereocenters. The van der Waals surface area contributed by atoms with Crippen LogP contribution in [0.25, 0.3) is 0 Å². The Balaban J connectivity index is 1.84. The van der Waals surface area contributed by atoms with Crippen LogP contribution >= 0.6 is 0 Å². The fourth-order valence-corrected chi connectivity index (χ4v) is 4.13. The van der Waals surface area contributed by atoms with E-state index in [1.165, 1.54) is 6.92 Å². The van der Waals surface area contributed by atoms with Crippen LogP contribution in [0, 0.1) is 13.8 Å². The lowest BCUT2D eigenvalue weighted by Gasteiger charge is -2.34. The second kappa shape index (κ2) is 7.31. The minimum atomic E-state index is -3.69. The van der Waals surface area contributed by atoms with Gasteiger partial charge in [0, 0.05) is 46.1 Å². The molecule has 0 spiro atoms. The first-order valence-electron chi connectivity index (χ1n) is 7.77. The van der Waals surface area contributed by atoms with Gasteiger partial charge in [0.1, 0.15) is 4.90 Å². The van der Waals surface area contributed by atoms with Crippen molar-refractivity contribution in [1.82, 2.24) is 24.7 Å². The van der Waals surface area contributed by atoms with Crippen molar-refractivity contribution < 1.29 is 18.0 Å². The predicted octanol–water partition coefficient (Wildman–Crippen LogP) is -0.614. The van der Waals surface area contributed by atoms with Crippen LogP contribution in [0.15, 0.2) is 4.90 Å². The van der Waals surface area contributed by atoms with Crippen LogP contribution in [0.3, 0.4) is 0 Å². The monoisotopic (exact) mass is 357 g/mol. The van der Waals surface area contributed by atoms with Gasteiger partial charge < -0.3 is 9.80 Å². The molecule has 1 saturated heterocycles. The molecule has 0 bridgehead atoms. The standard InChI is InChI=1S/C14H23N5O4S/c1-10-14(11(2)17-16-10)24(22,23)15-5-4-13(21)19-8-6-18(7-9-19)12(3)20/h15H,4-9H2,1-3H3,(H,16,17). The van der Waals surface area contributed by atoms with Gasteiger partial charge in [0.05, 0.1) is 11.4 Å². The molecule has 2 rings (SSSR count). The van der Waals surface area contributed by atoms with Crippen molar-refractivity contribution in [2.75, 3.05) is 32.7 Å². The van der Waals surface area contributed by atoms with Crippen molar-refractivity contribution in [2.45, 2.75) is 32.1 Å². The van der Waals surface area contributed by atoms with Crippen LogP contribution in [0.2, 0.25) is 0 Å². The van der Waals surface area contributed by atoms with Crippen LogP contribution in [0.5, 0.6) is 0 Å². The lowest BCUT2D eigenvalue weighted by atomic mass is 10.3. The number of carbonyl (C=O) groups excluding carboxylic acids is 2. The maximum atomic E-state index is 12.3. The summed E-state index contributed by atoms with van der Waals surface area (Å²) in [6.07, 6.45) is 0.0786. The first-order chi connectivity index (χ1) is 11.2. The molecule has 134 valence electrons. The Hall–Kier alpha value is -1.94. The van der Waals surface area contributed by atoms with Crippen molar-refractivity contribution in [1.29, 1.82) is 0 Å². The van der Waals surface area contributed by atoms with E-state index in [0.29, 0.717) is 37.6 Å². The number of H-pyrrole nitrogens is 1. The molecule has 0 radical (unpaired) electrons. The van der Waals surface area contributed by atoms with E-state index in [1.807, 2.05) is 0 Å². The topological polar surface area (TPSA) is 115 Å². The molecule has 9 nitrogen and oxygen atoms in total. The fourth-order valence-electron chi connectivity index (χ4n) is 2.73. The molecule has 2 N–H and O–H groups in total. The van der Waals surface area contributed by atoms with Crippen LogP contribution in [0.4, 0.5) is 0 Å². The quantitative estimate of drug-likeness (QED) is 0.729. The third kappa shape index (κ3) is 4.12. The van der Waals surface area contributed by atoms with E-state index in [1.54, 1.807) is 23.6 Å². The summed E-state index contributed by atoms with van der Waals surface area (Å²) in [5, 5.41) is 6.50. The summed E-state index contributed by atoms with van der Waals surface area (Å²) in [5.74, 6) is -0.123. The van der Waals surface area contributed by atoms with Gasteiger partial charge in [0.25, 0.3) is 0 Å². The van der Waals surface area contributed by atoms with Gasteiger partial charge in [0.15, 0.2) is 0 Å². The number of nitrogens with zero attached hydrogens (tertiary/aromatic N) is 3. The molecule has 0 aromatic carbocycles. The van der Waals surface area contributed by atoms with Crippen LogP contribution in [-0.4, -0.2) is 73.0 Å². The van der Waals surface area contributed by atoms with Gasteiger partial charge in [-0.1, -0.05) is 0 Å². The first-order valence-corrected chi connectivity index (χ1v) is 9.25. The number of amides is 2. The Morgan fingerprint density at radius 1 is 1.17 bits per heavy atom. The molecule has 1 aromatic rings. The zero-order valence-corrected chi connectivity index (χ0v) is 14.9. The van der Waals surface area contributed by atoms with Gasteiger partial charge in [-0.25, -0.2) is 13.1 Å². The van der Waals surface area contributed by atoms with Gasteiger partial charge in [-0.05, 0) is 13.8 Å². The highest BCUT2D eigenvalue weighted by molar-refractivity contribution is 7.89. The number of aromatic nitrogens is 2. The molecular weight excluding hydrogens is 334 g/mol. The van der Waals surface area contributed by atoms with E-state index in [2.05, 4.69) is 14.9 Å². The summed E-state index contributed by atoms with van der Waals surface area (Å²) in [6, 6.07) is 0. The maximum absolute atomic E-state index is 12.3. The third-order valence-corrected chi connectivity index (χ3v) is 5.76. The van der Waals surface area contributed by atoms with Gasteiger partial charge in [-0.15, -0.1) is 0 Å². The Bertz CT molecular complexity index is 700. The Kier molecular flexibility index (Phi) is 5.60. The van der Waals surface area contributed by atoms with Crippen molar-refractivity contribution >= 4 is 21.8 Å². The molecule has 10 heteroatoms. The molecular formula is C14H23N5O4S. The van der Waals surface area contributed by atoms with E-state index in [-0.39, 0.29) is 29.7 Å². The van der Waals surface area contributed by atoms with Gasteiger partial charge in [-0.3, -0.25) is 14.7 Å². The number of hydrogen-bond donors (Lipinski definition) is 2. The number of aromatic amines is 1. The van der Waals surface area contributed by atoms with E-state index < -0.39 is 10.0 Å². The number of rotatable bonds is 5. The highest BCUT2D eigenvalue weighted by Crippen LogP contribution is 2.16. The molecule has 1 fully saturated rings.